The summed E-state index contributed by atoms with van der Waals surface area (Å²) in [6.45, 7) is 3.31. The summed E-state index contributed by atoms with van der Waals surface area (Å²) in [6, 6.07) is 7.47. The molecular weight excluding hydrogens is 307 g/mol. The molecule has 128 valence electrons. The van der Waals surface area contributed by atoms with Gasteiger partial charge in [0.15, 0.2) is 5.82 Å². The van der Waals surface area contributed by atoms with Crippen LogP contribution in [0.15, 0.2) is 28.8 Å². The lowest BCUT2D eigenvalue weighted by atomic mass is 10.2. The van der Waals surface area contributed by atoms with Gasteiger partial charge in [0.25, 0.3) is 0 Å². The van der Waals surface area contributed by atoms with E-state index < -0.39 is 0 Å². The van der Waals surface area contributed by atoms with Gasteiger partial charge in [0.1, 0.15) is 5.82 Å². The first-order valence-electron chi connectivity index (χ1n) is 8.67. The van der Waals surface area contributed by atoms with Gasteiger partial charge in [-0.1, -0.05) is 23.4 Å². The van der Waals surface area contributed by atoms with E-state index in [1.54, 1.807) is 6.07 Å². The summed E-state index contributed by atoms with van der Waals surface area (Å²) >= 11 is 0. The Morgan fingerprint density at radius 2 is 2.12 bits per heavy atom. The van der Waals surface area contributed by atoms with Crippen LogP contribution in [-0.4, -0.2) is 46.1 Å². The SMILES string of the molecule is CN(Cc1noc(C2CC2)n1)[C@@H]1CCN(Cc2ccccc2F)C1. The van der Waals surface area contributed by atoms with Gasteiger partial charge in [-0.2, -0.15) is 4.98 Å². The van der Waals surface area contributed by atoms with E-state index >= 15 is 0 Å². The van der Waals surface area contributed by atoms with Gasteiger partial charge in [0.05, 0.1) is 6.54 Å². The number of hydrogen-bond donors (Lipinski definition) is 0. The van der Waals surface area contributed by atoms with Crippen molar-refractivity contribution in [2.75, 3.05) is 20.1 Å². The van der Waals surface area contributed by atoms with Gasteiger partial charge < -0.3 is 4.52 Å². The van der Waals surface area contributed by atoms with Crippen LogP contribution in [0.25, 0.3) is 0 Å². The lowest BCUT2D eigenvalue weighted by molar-refractivity contribution is 0.215. The average molecular weight is 330 g/mol. The summed E-state index contributed by atoms with van der Waals surface area (Å²) in [6.07, 6.45) is 3.43. The predicted molar refractivity (Wildman–Crippen MR) is 87.8 cm³/mol. The van der Waals surface area contributed by atoms with E-state index in [0.717, 1.165) is 36.8 Å². The molecule has 0 spiro atoms. The molecule has 0 bridgehead atoms. The molecule has 1 aromatic carbocycles. The zero-order valence-corrected chi connectivity index (χ0v) is 14.0. The molecule has 0 radical (unpaired) electrons. The van der Waals surface area contributed by atoms with Crippen molar-refractivity contribution in [3.8, 4) is 0 Å². The van der Waals surface area contributed by atoms with Gasteiger partial charge in [-0.15, -0.1) is 0 Å². The van der Waals surface area contributed by atoms with Gasteiger partial charge >= 0.3 is 0 Å². The Kier molecular flexibility index (Phi) is 4.33. The standard InChI is InChI=1S/C18H23FN4O/c1-22(12-17-20-18(24-21-17)13-6-7-13)15-8-9-23(11-15)10-14-4-2-3-5-16(14)19/h2-5,13,15H,6-12H2,1H3/t15-/m1/s1. The number of likely N-dealkylation sites (N-methyl/N-ethyl adjacent to an activating group) is 1. The highest BCUT2D eigenvalue weighted by Gasteiger charge is 2.31. The van der Waals surface area contributed by atoms with E-state index in [2.05, 4.69) is 27.0 Å². The van der Waals surface area contributed by atoms with Crippen LogP contribution in [0, 0.1) is 5.82 Å². The fourth-order valence-electron chi connectivity index (χ4n) is 3.36. The Morgan fingerprint density at radius 3 is 2.92 bits per heavy atom. The van der Waals surface area contributed by atoms with Crippen molar-refractivity contribution in [3.05, 3.63) is 47.4 Å². The second kappa shape index (κ2) is 6.61. The summed E-state index contributed by atoms with van der Waals surface area (Å²) in [5.41, 5.74) is 0.771. The van der Waals surface area contributed by atoms with Crippen LogP contribution in [0.5, 0.6) is 0 Å². The number of likely N-dealkylation sites (tertiary alicyclic amines) is 1. The van der Waals surface area contributed by atoms with Crippen LogP contribution in [-0.2, 0) is 13.1 Å². The van der Waals surface area contributed by atoms with Gasteiger partial charge in [-0.05, 0) is 32.4 Å². The molecule has 0 amide bonds. The van der Waals surface area contributed by atoms with Crippen molar-refractivity contribution in [1.82, 2.24) is 19.9 Å². The first kappa shape index (κ1) is 15.7. The third-order valence-electron chi connectivity index (χ3n) is 5.02. The van der Waals surface area contributed by atoms with Gasteiger partial charge in [-0.3, -0.25) is 9.80 Å². The molecule has 1 aliphatic heterocycles. The fraction of sp³-hybridized carbons (Fsp3) is 0.556. The zero-order chi connectivity index (χ0) is 16.5. The van der Waals surface area contributed by atoms with Crippen LogP contribution in [0.1, 0.15) is 42.5 Å². The van der Waals surface area contributed by atoms with E-state index in [1.807, 2.05) is 12.1 Å². The van der Waals surface area contributed by atoms with Crippen LogP contribution in [0.4, 0.5) is 4.39 Å². The maximum atomic E-state index is 13.8. The molecule has 1 aliphatic carbocycles. The molecular formula is C18H23FN4O. The number of hydrogen-bond acceptors (Lipinski definition) is 5. The monoisotopic (exact) mass is 330 g/mol. The Balaban J connectivity index is 1.31. The largest absolute Gasteiger partial charge is 0.339 e. The Morgan fingerprint density at radius 1 is 1.29 bits per heavy atom. The van der Waals surface area contributed by atoms with E-state index in [9.17, 15) is 4.39 Å². The zero-order valence-electron chi connectivity index (χ0n) is 14.0. The van der Waals surface area contributed by atoms with E-state index in [-0.39, 0.29) is 5.82 Å². The number of halogens is 1. The molecule has 2 fully saturated rings. The summed E-state index contributed by atoms with van der Waals surface area (Å²) in [7, 11) is 2.10. The van der Waals surface area contributed by atoms with Crippen molar-refractivity contribution in [1.29, 1.82) is 0 Å². The quantitative estimate of drug-likeness (QED) is 0.815. The number of nitrogens with zero attached hydrogens (tertiary/aromatic N) is 4. The minimum Gasteiger partial charge on any atom is -0.339 e. The maximum Gasteiger partial charge on any atom is 0.229 e. The maximum absolute atomic E-state index is 13.8. The second-order valence-corrected chi connectivity index (χ2v) is 7.01. The molecule has 24 heavy (non-hydrogen) atoms. The molecule has 1 atom stereocenters. The van der Waals surface area contributed by atoms with Crippen LogP contribution in [0.2, 0.25) is 0 Å². The lowest BCUT2D eigenvalue weighted by Gasteiger charge is -2.23. The Bertz CT molecular complexity index is 700. The van der Waals surface area contributed by atoms with Crippen molar-refractivity contribution >= 4 is 0 Å². The number of benzene rings is 1. The molecule has 5 nitrogen and oxygen atoms in total. The Labute approximate surface area is 141 Å². The van der Waals surface area contributed by atoms with Gasteiger partial charge in [-0.25, -0.2) is 4.39 Å². The predicted octanol–water partition coefficient (Wildman–Crippen LogP) is 2.79. The fourth-order valence-corrected chi connectivity index (χ4v) is 3.36. The molecule has 0 unspecified atom stereocenters. The highest BCUT2D eigenvalue weighted by atomic mass is 19.1. The topological polar surface area (TPSA) is 45.4 Å². The molecule has 4 rings (SSSR count). The summed E-state index contributed by atoms with van der Waals surface area (Å²) in [5, 5.41) is 4.10. The molecule has 1 saturated carbocycles. The second-order valence-electron chi connectivity index (χ2n) is 7.01. The first-order chi connectivity index (χ1) is 11.7. The number of aromatic nitrogens is 2. The van der Waals surface area contributed by atoms with Gasteiger partial charge in [0.2, 0.25) is 5.89 Å². The molecule has 2 heterocycles. The molecule has 0 N–H and O–H groups in total. The normalized spacial score (nSPS) is 21.7. The molecule has 6 heteroatoms. The summed E-state index contributed by atoms with van der Waals surface area (Å²) < 4.78 is 19.1. The van der Waals surface area contributed by atoms with E-state index in [4.69, 9.17) is 4.52 Å². The van der Waals surface area contributed by atoms with Crippen molar-refractivity contribution in [2.24, 2.45) is 0 Å². The lowest BCUT2D eigenvalue weighted by Crippen LogP contribution is -2.34. The number of rotatable bonds is 6. The smallest absolute Gasteiger partial charge is 0.229 e. The van der Waals surface area contributed by atoms with E-state index in [1.165, 1.54) is 18.9 Å². The molecule has 1 aromatic heterocycles. The van der Waals surface area contributed by atoms with Crippen molar-refractivity contribution < 1.29 is 8.91 Å². The van der Waals surface area contributed by atoms with Crippen LogP contribution in [0.3, 0.4) is 0 Å². The van der Waals surface area contributed by atoms with Crippen LogP contribution < -0.4 is 0 Å². The van der Waals surface area contributed by atoms with Crippen LogP contribution >= 0.6 is 0 Å². The third-order valence-corrected chi connectivity index (χ3v) is 5.02. The van der Waals surface area contributed by atoms with Crippen molar-refractivity contribution in [3.63, 3.8) is 0 Å². The Hall–Kier alpha value is -1.79. The van der Waals surface area contributed by atoms with E-state index in [0.29, 0.717) is 25.0 Å². The molecule has 2 aliphatic rings. The third kappa shape index (κ3) is 3.49. The highest BCUT2D eigenvalue weighted by Crippen LogP contribution is 2.38. The summed E-state index contributed by atoms with van der Waals surface area (Å²) in [5.74, 6) is 1.95. The molecule has 2 aromatic rings. The van der Waals surface area contributed by atoms with Gasteiger partial charge in [0, 0.05) is 37.2 Å². The highest BCUT2D eigenvalue weighted by molar-refractivity contribution is 5.17. The average Bonchev–Trinajstić information content (AvgIpc) is 3.14. The minimum absolute atomic E-state index is 0.117. The van der Waals surface area contributed by atoms with Crippen molar-refractivity contribution in [2.45, 2.75) is 44.3 Å². The summed E-state index contributed by atoms with van der Waals surface area (Å²) in [4.78, 5) is 9.09. The minimum atomic E-state index is -0.117. The first-order valence-corrected chi connectivity index (χ1v) is 8.67. The molecule has 1 saturated heterocycles.